The second-order valence-electron chi connectivity index (χ2n) is 3.42. The molecule has 0 saturated heterocycles. The van der Waals surface area contributed by atoms with Crippen molar-refractivity contribution in [3.8, 4) is 0 Å². The molecule has 8 heteroatoms. The third-order valence-electron chi connectivity index (χ3n) is 2.29. The van der Waals surface area contributed by atoms with Gasteiger partial charge < -0.3 is 14.2 Å². The van der Waals surface area contributed by atoms with Crippen LogP contribution >= 0.6 is 7.60 Å². The number of nitrogens with zero attached hydrogens (tertiary/aromatic N) is 1. The first-order valence-corrected chi connectivity index (χ1v) is 7.16. The average molecular weight is 277 g/mol. The molecule has 2 amide bonds. The number of hydrogen-bond donors (Lipinski definition) is 1. The lowest BCUT2D eigenvalue weighted by Gasteiger charge is -2.30. The fourth-order valence-corrected chi connectivity index (χ4v) is 3.45. The van der Waals surface area contributed by atoms with Crippen molar-refractivity contribution in [2.24, 2.45) is 0 Å². The van der Waals surface area contributed by atoms with E-state index in [-0.39, 0.29) is 13.2 Å². The normalized spacial score (nSPS) is 17.6. The van der Waals surface area contributed by atoms with Crippen molar-refractivity contribution in [2.75, 3.05) is 19.8 Å². The summed E-state index contributed by atoms with van der Waals surface area (Å²) in [6.45, 7) is 2.68. The average Bonchev–Trinajstić information content (AvgIpc) is 2.62. The van der Waals surface area contributed by atoms with Crippen LogP contribution in [0.25, 0.3) is 0 Å². The van der Waals surface area contributed by atoms with E-state index >= 15 is 0 Å². The van der Waals surface area contributed by atoms with Crippen LogP contribution in [0.5, 0.6) is 0 Å². The quantitative estimate of drug-likeness (QED) is 0.538. The molecule has 1 atom stereocenters. The van der Waals surface area contributed by atoms with Gasteiger partial charge in [-0.25, -0.2) is 0 Å². The molecule has 0 aromatic rings. The first kappa shape index (κ1) is 15.0. The molecule has 18 heavy (non-hydrogen) atoms. The van der Waals surface area contributed by atoms with Crippen molar-refractivity contribution in [3.05, 3.63) is 12.2 Å². The van der Waals surface area contributed by atoms with Gasteiger partial charge in [0.15, 0.2) is 5.78 Å². The Morgan fingerprint density at radius 3 is 2.00 bits per heavy atom. The molecule has 1 N–H and O–H groups in total. The summed E-state index contributed by atoms with van der Waals surface area (Å²) in [4.78, 5) is 23.7. The summed E-state index contributed by atoms with van der Waals surface area (Å²) in [7, 11) is -3.76. The second-order valence-corrected chi connectivity index (χ2v) is 5.61. The predicted octanol–water partition coefficient (Wildman–Crippen LogP) is 0.496. The van der Waals surface area contributed by atoms with E-state index in [1.165, 1.54) is 0 Å². The summed E-state index contributed by atoms with van der Waals surface area (Å²) >= 11 is 0. The summed E-state index contributed by atoms with van der Waals surface area (Å²) < 4.78 is 22.5. The summed E-state index contributed by atoms with van der Waals surface area (Å²) in [5, 5.41) is 9.30. The van der Waals surface area contributed by atoms with Crippen LogP contribution < -0.4 is 0 Å². The van der Waals surface area contributed by atoms with Crippen LogP contribution in [-0.2, 0) is 23.2 Å². The minimum absolute atomic E-state index is 0.0808. The van der Waals surface area contributed by atoms with Gasteiger partial charge in [-0.15, -0.1) is 0 Å². The summed E-state index contributed by atoms with van der Waals surface area (Å²) in [6, 6.07) is 0. The summed E-state index contributed by atoms with van der Waals surface area (Å²) in [5.74, 6) is -2.59. The van der Waals surface area contributed by atoms with E-state index in [1.807, 2.05) is 0 Å². The molecule has 1 rings (SSSR count). The first-order valence-electron chi connectivity index (χ1n) is 5.55. The van der Waals surface area contributed by atoms with Crippen molar-refractivity contribution < 1.29 is 28.3 Å². The minimum atomic E-state index is -3.76. The Bertz CT molecular complexity index is 379. The molecule has 1 heterocycles. The highest BCUT2D eigenvalue weighted by Crippen LogP contribution is 2.54. The molecule has 0 fully saturated rings. The van der Waals surface area contributed by atoms with Gasteiger partial charge in [-0.3, -0.25) is 19.1 Å². The minimum Gasteiger partial charge on any atom is -0.394 e. The summed E-state index contributed by atoms with van der Waals surface area (Å²) in [5.41, 5.74) is 0. The lowest BCUT2D eigenvalue weighted by Crippen LogP contribution is -2.42. The van der Waals surface area contributed by atoms with Gasteiger partial charge in [0.05, 0.1) is 19.8 Å². The van der Waals surface area contributed by atoms with Crippen LogP contribution in [0.4, 0.5) is 0 Å². The highest BCUT2D eigenvalue weighted by Gasteiger charge is 2.45. The third kappa shape index (κ3) is 2.87. The molecule has 0 aromatic heterocycles. The number of aliphatic hydroxyl groups is 1. The molecule has 1 aliphatic rings. The number of amides is 2. The largest absolute Gasteiger partial charge is 0.394 e. The van der Waals surface area contributed by atoms with Crippen LogP contribution in [-0.4, -0.2) is 47.4 Å². The van der Waals surface area contributed by atoms with E-state index in [0.29, 0.717) is 4.90 Å². The van der Waals surface area contributed by atoms with Crippen LogP contribution in [0.3, 0.4) is 0 Å². The van der Waals surface area contributed by atoms with Crippen LogP contribution in [0.2, 0.25) is 0 Å². The van der Waals surface area contributed by atoms with Crippen molar-refractivity contribution in [2.45, 2.75) is 19.6 Å². The Kier molecular flexibility index (Phi) is 5.22. The van der Waals surface area contributed by atoms with Crippen molar-refractivity contribution in [1.29, 1.82) is 0 Å². The molecule has 0 radical (unpaired) electrons. The van der Waals surface area contributed by atoms with Crippen molar-refractivity contribution >= 4 is 19.4 Å². The number of carbonyl (C=O) groups is 2. The van der Waals surface area contributed by atoms with Gasteiger partial charge in [-0.1, -0.05) is 0 Å². The molecule has 0 bridgehead atoms. The Labute approximate surface area is 105 Å². The fraction of sp³-hybridized carbons (Fsp3) is 0.600. The smallest absolute Gasteiger partial charge is 0.355 e. The molecule has 0 aromatic carbocycles. The molecule has 7 nitrogen and oxygen atoms in total. The monoisotopic (exact) mass is 277 g/mol. The Morgan fingerprint density at radius 2 is 1.67 bits per heavy atom. The molecule has 0 spiro atoms. The highest BCUT2D eigenvalue weighted by atomic mass is 31.2. The van der Waals surface area contributed by atoms with Gasteiger partial charge >= 0.3 is 7.60 Å². The van der Waals surface area contributed by atoms with E-state index in [9.17, 15) is 19.3 Å². The van der Waals surface area contributed by atoms with E-state index < -0.39 is 31.8 Å². The lowest BCUT2D eigenvalue weighted by atomic mass is 10.5. The third-order valence-corrected chi connectivity index (χ3v) is 4.65. The Morgan fingerprint density at radius 1 is 1.22 bits per heavy atom. The van der Waals surface area contributed by atoms with E-state index in [2.05, 4.69) is 0 Å². The molecule has 0 aliphatic carbocycles. The molecule has 0 saturated carbocycles. The molecular formula is C10H16NO6P. The van der Waals surface area contributed by atoms with Gasteiger partial charge in [0.2, 0.25) is 0 Å². The van der Waals surface area contributed by atoms with E-state index in [1.54, 1.807) is 13.8 Å². The van der Waals surface area contributed by atoms with Crippen molar-refractivity contribution in [3.63, 3.8) is 0 Å². The zero-order valence-corrected chi connectivity index (χ0v) is 11.1. The van der Waals surface area contributed by atoms with Crippen LogP contribution in [0.15, 0.2) is 12.2 Å². The molecular weight excluding hydrogens is 261 g/mol. The molecule has 1 aliphatic heterocycles. The first-order chi connectivity index (χ1) is 8.50. The van der Waals surface area contributed by atoms with Crippen LogP contribution in [0.1, 0.15) is 13.8 Å². The highest BCUT2D eigenvalue weighted by molar-refractivity contribution is 7.54. The van der Waals surface area contributed by atoms with Crippen molar-refractivity contribution in [1.82, 2.24) is 4.90 Å². The number of hydrogen-bond acceptors (Lipinski definition) is 6. The topological polar surface area (TPSA) is 93.1 Å². The second kappa shape index (κ2) is 6.24. The zero-order valence-electron chi connectivity index (χ0n) is 10.2. The zero-order chi connectivity index (χ0) is 13.8. The van der Waals surface area contributed by atoms with Gasteiger partial charge in [0.25, 0.3) is 11.8 Å². The van der Waals surface area contributed by atoms with Crippen LogP contribution in [0, 0.1) is 0 Å². The molecule has 1 unspecified atom stereocenters. The van der Waals surface area contributed by atoms with Gasteiger partial charge in [0, 0.05) is 12.2 Å². The number of carbonyl (C=O) groups excluding carboxylic acids is 2. The fourth-order valence-electron chi connectivity index (χ4n) is 1.60. The lowest BCUT2D eigenvalue weighted by molar-refractivity contribution is -0.139. The van der Waals surface area contributed by atoms with Gasteiger partial charge in [0.1, 0.15) is 0 Å². The maximum Gasteiger partial charge on any atom is 0.355 e. The number of aliphatic hydroxyl groups excluding tert-OH is 1. The van der Waals surface area contributed by atoms with Gasteiger partial charge in [-0.2, -0.15) is 0 Å². The molecule has 102 valence electrons. The maximum atomic E-state index is 12.4. The number of imide groups is 1. The van der Waals surface area contributed by atoms with Gasteiger partial charge in [-0.05, 0) is 13.8 Å². The van der Waals surface area contributed by atoms with E-state index in [0.717, 1.165) is 12.2 Å². The SMILES string of the molecule is CCOP(=O)(OCC)C(CO)N1C(=O)C=CC1=O. The standard InChI is InChI=1S/C10H16NO6P/c1-3-16-18(15,17-4-2)10(7-12)11-8(13)5-6-9(11)14/h5-6,10,12H,3-4,7H2,1-2H3. The predicted molar refractivity (Wildman–Crippen MR) is 62.7 cm³/mol. The number of rotatable bonds is 7. The maximum absolute atomic E-state index is 12.4. The Hall–Kier alpha value is -1.01. The van der Waals surface area contributed by atoms with E-state index in [4.69, 9.17) is 9.05 Å². The Balaban J connectivity index is 3.03. The summed E-state index contributed by atoms with van der Waals surface area (Å²) in [6.07, 6.45) is 2.10.